The van der Waals surface area contributed by atoms with Crippen LogP contribution in [0, 0.1) is 0 Å². The van der Waals surface area contributed by atoms with Crippen molar-refractivity contribution in [2.75, 3.05) is 0 Å². The summed E-state index contributed by atoms with van der Waals surface area (Å²) in [6.07, 6.45) is 5.05. The summed E-state index contributed by atoms with van der Waals surface area (Å²) in [6, 6.07) is 18.5. The van der Waals surface area contributed by atoms with Crippen molar-refractivity contribution in [2.24, 2.45) is 0 Å². The molecule has 0 bridgehead atoms. The summed E-state index contributed by atoms with van der Waals surface area (Å²) in [4.78, 5) is 0. The van der Waals surface area contributed by atoms with Crippen LogP contribution in [0.5, 0.6) is 0 Å². The SMILES string of the molecule is CC[C@@H]1[C]2=C(CCC3=[C]([Zr]2)[C@H](CC)c2ccccc23)c2ccccc21. The van der Waals surface area contributed by atoms with Crippen molar-refractivity contribution >= 4 is 11.1 Å². The average Bonchev–Trinajstić information content (AvgIpc) is 3.04. The third-order valence-electron chi connectivity index (χ3n) is 6.38. The van der Waals surface area contributed by atoms with E-state index in [1.807, 2.05) is 6.56 Å². The molecule has 1 heterocycles. The molecular weight excluding hydrogens is 379 g/mol. The first-order chi connectivity index (χ1) is 12.3. The van der Waals surface area contributed by atoms with Crippen LogP contribution in [-0.4, -0.2) is 0 Å². The molecule has 0 N–H and O–H groups in total. The van der Waals surface area contributed by atoms with E-state index in [2.05, 4.69) is 62.4 Å². The van der Waals surface area contributed by atoms with Gasteiger partial charge in [0.15, 0.2) is 0 Å². The van der Waals surface area contributed by atoms with Crippen molar-refractivity contribution in [2.45, 2.75) is 51.4 Å². The summed E-state index contributed by atoms with van der Waals surface area (Å²) in [5, 5.41) is 0. The summed E-state index contributed by atoms with van der Waals surface area (Å²) in [5.41, 5.74) is 9.93. The van der Waals surface area contributed by atoms with Gasteiger partial charge in [-0.2, -0.15) is 0 Å². The molecule has 0 amide bonds. The predicted octanol–water partition coefficient (Wildman–Crippen LogP) is 6.70. The number of rotatable bonds is 2. The molecule has 0 fully saturated rings. The number of hydrogen-bond donors (Lipinski definition) is 0. The maximum absolute atomic E-state index is 2.40. The Hall–Kier alpha value is -1.20. The van der Waals surface area contributed by atoms with Crippen LogP contribution in [-0.2, 0) is 23.2 Å². The van der Waals surface area contributed by atoms with Crippen molar-refractivity contribution < 1.29 is 23.2 Å². The van der Waals surface area contributed by atoms with E-state index in [9.17, 15) is 0 Å². The van der Waals surface area contributed by atoms with Crippen molar-refractivity contribution in [3.63, 3.8) is 0 Å². The van der Waals surface area contributed by atoms with E-state index in [1.54, 1.807) is 33.4 Å². The summed E-state index contributed by atoms with van der Waals surface area (Å²) in [6.45, 7) is 4.77. The van der Waals surface area contributed by atoms with Crippen LogP contribution >= 0.6 is 0 Å². The molecule has 0 spiro atoms. The van der Waals surface area contributed by atoms with Crippen LogP contribution in [0.25, 0.3) is 11.1 Å². The zero-order chi connectivity index (χ0) is 17.0. The van der Waals surface area contributed by atoms with Gasteiger partial charge in [0.1, 0.15) is 0 Å². The topological polar surface area (TPSA) is 0 Å². The summed E-state index contributed by atoms with van der Waals surface area (Å²) in [5.74, 6) is 1.43. The Morgan fingerprint density at radius 3 is 1.60 bits per heavy atom. The minimum atomic E-state index is -0.702. The molecule has 124 valence electrons. The van der Waals surface area contributed by atoms with E-state index in [-0.39, 0.29) is 0 Å². The molecule has 0 nitrogen and oxygen atoms in total. The van der Waals surface area contributed by atoms with Gasteiger partial charge in [0.05, 0.1) is 0 Å². The van der Waals surface area contributed by atoms with Gasteiger partial charge in [0.2, 0.25) is 0 Å². The molecule has 1 aliphatic heterocycles. The van der Waals surface area contributed by atoms with E-state index in [0.29, 0.717) is 11.8 Å². The number of allylic oxidation sites excluding steroid dienone is 4. The fraction of sp³-hybridized carbons (Fsp3) is 0.333. The molecule has 3 aliphatic rings. The van der Waals surface area contributed by atoms with E-state index in [0.717, 1.165) is 0 Å². The van der Waals surface area contributed by atoms with Gasteiger partial charge in [-0.25, -0.2) is 0 Å². The second kappa shape index (κ2) is 6.20. The molecule has 2 aromatic carbocycles. The van der Waals surface area contributed by atoms with Gasteiger partial charge in [-0.15, -0.1) is 0 Å². The first kappa shape index (κ1) is 16.0. The van der Waals surface area contributed by atoms with E-state index < -0.39 is 23.2 Å². The first-order valence-electron chi connectivity index (χ1n) is 9.75. The molecule has 0 saturated carbocycles. The third-order valence-corrected chi connectivity index (χ3v) is 10.9. The molecule has 0 saturated heterocycles. The molecule has 0 aromatic heterocycles. The Labute approximate surface area is 162 Å². The fourth-order valence-corrected chi connectivity index (χ4v) is 10.6. The Bertz CT molecular complexity index is 840. The van der Waals surface area contributed by atoms with Crippen LogP contribution in [0.4, 0.5) is 0 Å². The molecule has 2 aromatic rings. The second-order valence-electron chi connectivity index (χ2n) is 7.51. The monoisotopic (exact) mass is 402 g/mol. The normalized spacial score (nSPS) is 23.6. The molecule has 2 atom stereocenters. The zero-order valence-corrected chi connectivity index (χ0v) is 17.6. The maximum atomic E-state index is 2.40. The summed E-state index contributed by atoms with van der Waals surface area (Å²) in [7, 11) is 0. The van der Waals surface area contributed by atoms with E-state index >= 15 is 0 Å². The van der Waals surface area contributed by atoms with Crippen LogP contribution in [0.2, 0.25) is 0 Å². The minimum absolute atomic E-state index is 0.702. The van der Waals surface area contributed by atoms with Gasteiger partial charge in [0.25, 0.3) is 0 Å². The van der Waals surface area contributed by atoms with Gasteiger partial charge >= 0.3 is 163 Å². The Balaban J connectivity index is 1.62. The van der Waals surface area contributed by atoms with Crippen LogP contribution < -0.4 is 0 Å². The molecule has 0 radical (unpaired) electrons. The molecule has 25 heavy (non-hydrogen) atoms. The van der Waals surface area contributed by atoms with E-state index in [1.165, 1.54) is 25.7 Å². The van der Waals surface area contributed by atoms with Crippen LogP contribution in [0.1, 0.15) is 73.6 Å². The van der Waals surface area contributed by atoms with Crippen molar-refractivity contribution in [1.29, 1.82) is 0 Å². The van der Waals surface area contributed by atoms with E-state index in [4.69, 9.17) is 0 Å². The molecular formula is C24H24Zr. The van der Waals surface area contributed by atoms with Gasteiger partial charge < -0.3 is 0 Å². The molecule has 2 aliphatic carbocycles. The zero-order valence-electron chi connectivity index (χ0n) is 15.1. The Kier molecular flexibility index (Phi) is 3.97. The average molecular weight is 404 g/mol. The van der Waals surface area contributed by atoms with Gasteiger partial charge in [-0.3, -0.25) is 0 Å². The van der Waals surface area contributed by atoms with Crippen molar-refractivity contribution in [3.05, 3.63) is 77.3 Å². The van der Waals surface area contributed by atoms with Crippen LogP contribution in [0.15, 0.2) is 55.1 Å². The molecule has 1 heteroatoms. The first-order valence-corrected chi connectivity index (χ1v) is 12.2. The van der Waals surface area contributed by atoms with Gasteiger partial charge in [0, 0.05) is 0 Å². The van der Waals surface area contributed by atoms with Crippen molar-refractivity contribution in [1.82, 2.24) is 0 Å². The number of hydrogen-bond acceptors (Lipinski definition) is 0. The Morgan fingerprint density at radius 2 is 1.16 bits per heavy atom. The summed E-state index contributed by atoms with van der Waals surface area (Å²) >= 11 is -0.702. The third kappa shape index (κ3) is 2.28. The van der Waals surface area contributed by atoms with Crippen LogP contribution in [0.3, 0.4) is 0 Å². The van der Waals surface area contributed by atoms with Gasteiger partial charge in [-0.1, -0.05) is 0 Å². The Morgan fingerprint density at radius 1 is 0.720 bits per heavy atom. The standard InChI is InChI=1S/C24H24.Zr/c1-3-17-15-19(23-11-7-5-9-21(17)23)13-14-20-16-18(4-2)22-10-6-8-12-24(20)22;/h5-12,17-18H,3-4,13-14H2,1-2H3;/t17-,18+;. The fourth-order valence-electron chi connectivity index (χ4n) is 5.28. The molecule has 0 unspecified atom stereocenters. The quantitative estimate of drug-likeness (QED) is 0.523. The number of benzene rings is 2. The number of fused-ring (bicyclic) bond motifs is 4. The van der Waals surface area contributed by atoms with Gasteiger partial charge in [-0.05, 0) is 0 Å². The second-order valence-corrected chi connectivity index (χ2v) is 10.8. The summed E-state index contributed by atoms with van der Waals surface area (Å²) < 4.78 is 3.81. The molecule has 5 rings (SSSR count). The predicted molar refractivity (Wildman–Crippen MR) is 102 cm³/mol. The van der Waals surface area contributed by atoms with Crippen molar-refractivity contribution in [3.8, 4) is 0 Å².